The molecule has 0 heterocycles. The lowest BCUT2D eigenvalue weighted by atomic mass is 10.2. The van der Waals surface area contributed by atoms with Crippen molar-refractivity contribution in [1.29, 1.82) is 0 Å². The summed E-state index contributed by atoms with van der Waals surface area (Å²) in [6.07, 6.45) is 0. The molecular formula is C13H17FN2O3. The number of carbonyl (C=O) groups is 2. The molecule has 6 heteroatoms. The lowest BCUT2D eigenvalue weighted by Crippen LogP contribution is -2.42. The van der Waals surface area contributed by atoms with Gasteiger partial charge in [-0.25, -0.2) is 4.39 Å². The van der Waals surface area contributed by atoms with Gasteiger partial charge in [0.2, 0.25) is 5.91 Å². The number of amides is 2. The Morgan fingerprint density at radius 2 is 2.05 bits per heavy atom. The van der Waals surface area contributed by atoms with E-state index in [0.717, 1.165) is 0 Å². The maximum absolute atomic E-state index is 13.3. The lowest BCUT2D eigenvalue weighted by molar-refractivity contribution is -0.121. The summed E-state index contributed by atoms with van der Waals surface area (Å²) >= 11 is 0. The zero-order valence-electron chi connectivity index (χ0n) is 10.9. The van der Waals surface area contributed by atoms with Gasteiger partial charge in [-0.05, 0) is 19.1 Å². The molecule has 1 unspecified atom stereocenters. The van der Waals surface area contributed by atoms with Crippen LogP contribution < -0.4 is 10.6 Å². The minimum Gasteiger partial charge on any atom is -0.383 e. The summed E-state index contributed by atoms with van der Waals surface area (Å²) in [5.41, 5.74) is -0.0831. The SMILES string of the molecule is COCC(C)NC(=O)CNC(=O)c1ccccc1F. The maximum atomic E-state index is 13.3. The van der Waals surface area contributed by atoms with Gasteiger partial charge in [0.25, 0.3) is 5.91 Å². The van der Waals surface area contributed by atoms with Crippen LogP contribution >= 0.6 is 0 Å². The predicted molar refractivity (Wildman–Crippen MR) is 68.2 cm³/mol. The quantitative estimate of drug-likeness (QED) is 0.798. The number of nitrogens with one attached hydrogen (secondary N) is 2. The fourth-order valence-corrected chi connectivity index (χ4v) is 1.52. The van der Waals surface area contributed by atoms with Gasteiger partial charge < -0.3 is 15.4 Å². The molecule has 104 valence electrons. The van der Waals surface area contributed by atoms with Crippen molar-refractivity contribution in [3.8, 4) is 0 Å². The number of halogens is 1. The zero-order chi connectivity index (χ0) is 14.3. The van der Waals surface area contributed by atoms with E-state index in [9.17, 15) is 14.0 Å². The highest BCUT2D eigenvalue weighted by atomic mass is 19.1. The standard InChI is InChI=1S/C13H17FN2O3/c1-9(8-19-2)16-12(17)7-15-13(18)10-5-3-4-6-11(10)14/h3-6,9H,7-8H2,1-2H3,(H,15,18)(H,16,17). The Labute approximate surface area is 111 Å². The van der Waals surface area contributed by atoms with E-state index in [0.29, 0.717) is 6.61 Å². The summed E-state index contributed by atoms with van der Waals surface area (Å²) in [6.45, 7) is 1.95. The van der Waals surface area contributed by atoms with Crippen LogP contribution in [0.15, 0.2) is 24.3 Å². The number of methoxy groups -OCH3 is 1. The second kappa shape index (κ2) is 7.48. The van der Waals surface area contributed by atoms with Gasteiger partial charge in [-0.3, -0.25) is 9.59 Å². The summed E-state index contributed by atoms with van der Waals surface area (Å²) in [5, 5.41) is 4.99. The molecule has 0 aliphatic carbocycles. The van der Waals surface area contributed by atoms with Gasteiger partial charge in [-0.15, -0.1) is 0 Å². The van der Waals surface area contributed by atoms with Crippen LogP contribution in [0.25, 0.3) is 0 Å². The zero-order valence-corrected chi connectivity index (χ0v) is 10.9. The van der Waals surface area contributed by atoms with Gasteiger partial charge in [0.15, 0.2) is 0 Å². The highest BCUT2D eigenvalue weighted by Gasteiger charge is 2.12. The first-order valence-corrected chi connectivity index (χ1v) is 5.85. The van der Waals surface area contributed by atoms with Crippen LogP contribution in [0.5, 0.6) is 0 Å². The summed E-state index contributed by atoms with van der Waals surface area (Å²) in [6, 6.07) is 5.44. The summed E-state index contributed by atoms with van der Waals surface area (Å²) < 4.78 is 18.2. The third-order valence-corrected chi connectivity index (χ3v) is 2.35. The molecule has 1 atom stereocenters. The Morgan fingerprint density at radius 1 is 1.37 bits per heavy atom. The minimum absolute atomic E-state index is 0.0831. The van der Waals surface area contributed by atoms with Crippen molar-refractivity contribution in [3.63, 3.8) is 0 Å². The molecule has 0 spiro atoms. The van der Waals surface area contributed by atoms with Crippen molar-refractivity contribution < 1.29 is 18.7 Å². The minimum atomic E-state index is -0.618. The van der Waals surface area contributed by atoms with E-state index in [1.54, 1.807) is 13.0 Å². The Morgan fingerprint density at radius 3 is 2.68 bits per heavy atom. The molecule has 0 radical (unpaired) electrons. The van der Waals surface area contributed by atoms with Gasteiger partial charge in [-0.1, -0.05) is 12.1 Å². The van der Waals surface area contributed by atoms with Crippen molar-refractivity contribution in [3.05, 3.63) is 35.6 Å². The first-order chi connectivity index (χ1) is 9.04. The smallest absolute Gasteiger partial charge is 0.254 e. The molecule has 19 heavy (non-hydrogen) atoms. The Kier molecular flexibility index (Phi) is 5.95. The molecule has 0 fully saturated rings. The van der Waals surface area contributed by atoms with Crippen LogP contribution in [0.2, 0.25) is 0 Å². The normalized spacial score (nSPS) is 11.7. The molecule has 2 N–H and O–H groups in total. The molecule has 0 aliphatic rings. The van der Waals surface area contributed by atoms with Crippen LogP contribution in [0, 0.1) is 5.82 Å². The fraction of sp³-hybridized carbons (Fsp3) is 0.385. The molecular weight excluding hydrogens is 251 g/mol. The molecule has 1 aromatic rings. The van der Waals surface area contributed by atoms with Crippen LogP contribution in [0.3, 0.4) is 0 Å². The van der Waals surface area contributed by atoms with Gasteiger partial charge in [0.1, 0.15) is 5.82 Å². The average molecular weight is 268 g/mol. The van der Waals surface area contributed by atoms with Crippen LogP contribution in [0.4, 0.5) is 4.39 Å². The number of rotatable bonds is 6. The van der Waals surface area contributed by atoms with E-state index in [1.807, 2.05) is 0 Å². The van der Waals surface area contributed by atoms with Crippen molar-refractivity contribution in [2.75, 3.05) is 20.3 Å². The van der Waals surface area contributed by atoms with Crippen LogP contribution in [-0.2, 0) is 9.53 Å². The van der Waals surface area contributed by atoms with E-state index >= 15 is 0 Å². The first-order valence-electron chi connectivity index (χ1n) is 5.85. The van der Waals surface area contributed by atoms with E-state index in [4.69, 9.17) is 4.74 Å². The molecule has 0 aliphatic heterocycles. The molecule has 5 nitrogen and oxygen atoms in total. The van der Waals surface area contributed by atoms with Crippen molar-refractivity contribution >= 4 is 11.8 Å². The Bertz CT molecular complexity index is 451. The largest absolute Gasteiger partial charge is 0.383 e. The third kappa shape index (κ3) is 5.05. The van der Waals surface area contributed by atoms with Crippen molar-refractivity contribution in [1.82, 2.24) is 10.6 Å². The van der Waals surface area contributed by atoms with Gasteiger partial charge >= 0.3 is 0 Å². The topological polar surface area (TPSA) is 67.4 Å². The lowest BCUT2D eigenvalue weighted by Gasteiger charge is -2.13. The van der Waals surface area contributed by atoms with E-state index < -0.39 is 11.7 Å². The molecule has 0 aromatic heterocycles. The van der Waals surface area contributed by atoms with E-state index in [-0.39, 0.29) is 24.1 Å². The van der Waals surface area contributed by atoms with Crippen molar-refractivity contribution in [2.45, 2.75) is 13.0 Å². The molecule has 2 amide bonds. The van der Waals surface area contributed by atoms with Gasteiger partial charge in [-0.2, -0.15) is 0 Å². The second-order valence-electron chi connectivity index (χ2n) is 4.09. The molecule has 1 aromatic carbocycles. The highest BCUT2D eigenvalue weighted by Crippen LogP contribution is 2.05. The molecule has 0 saturated heterocycles. The summed E-state index contributed by atoms with van der Waals surface area (Å²) in [5.74, 6) is -1.59. The van der Waals surface area contributed by atoms with Crippen LogP contribution in [0.1, 0.15) is 17.3 Å². The predicted octanol–water partition coefficient (Wildman–Crippen LogP) is 0.707. The number of benzene rings is 1. The maximum Gasteiger partial charge on any atom is 0.254 e. The van der Waals surface area contributed by atoms with Gasteiger partial charge in [0, 0.05) is 13.2 Å². The fourth-order valence-electron chi connectivity index (χ4n) is 1.52. The molecule has 1 rings (SSSR count). The number of hydrogen-bond donors (Lipinski definition) is 2. The van der Waals surface area contributed by atoms with Gasteiger partial charge in [0.05, 0.1) is 18.7 Å². The second-order valence-corrected chi connectivity index (χ2v) is 4.09. The average Bonchev–Trinajstić information content (AvgIpc) is 2.36. The van der Waals surface area contributed by atoms with E-state index in [2.05, 4.69) is 10.6 Å². The molecule has 0 saturated carbocycles. The Hall–Kier alpha value is -1.95. The first kappa shape index (κ1) is 15.1. The third-order valence-electron chi connectivity index (χ3n) is 2.35. The van der Waals surface area contributed by atoms with Crippen LogP contribution in [-0.4, -0.2) is 38.1 Å². The highest BCUT2D eigenvalue weighted by molar-refractivity contribution is 5.96. The molecule has 0 bridgehead atoms. The summed E-state index contributed by atoms with van der Waals surface area (Å²) in [4.78, 5) is 23.1. The number of hydrogen-bond acceptors (Lipinski definition) is 3. The summed E-state index contributed by atoms with van der Waals surface area (Å²) in [7, 11) is 1.53. The van der Waals surface area contributed by atoms with Crippen molar-refractivity contribution in [2.24, 2.45) is 0 Å². The number of ether oxygens (including phenoxy) is 1. The monoisotopic (exact) mass is 268 g/mol. The Balaban J connectivity index is 2.42. The number of carbonyl (C=O) groups excluding carboxylic acids is 2. The van der Waals surface area contributed by atoms with E-state index in [1.165, 1.54) is 25.3 Å².